The van der Waals surface area contributed by atoms with Crippen LogP contribution in [0, 0.1) is 12.8 Å². The van der Waals surface area contributed by atoms with Crippen LogP contribution >= 0.6 is 0 Å². The van der Waals surface area contributed by atoms with Crippen molar-refractivity contribution >= 4 is 5.78 Å². The molecule has 1 aromatic carbocycles. The number of rotatable bonds is 4. The van der Waals surface area contributed by atoms with Crippen molar-refractivity contribution in [3.05, 3.63) is 29.3 Å². The van der Waals surface area contributed by atoms with Gasteiger partial charge in [0.2, 0.25) is 0 Å². The highest BCUT2D eigenvalue weighted by Gasteiger charge is 2.07. The van der Waals surface area contributed by atoms with Gasteiger partial charge in [-0.3, -0.25) is 4.79 Å². The average molecular weight is 206 g/mol. The van der Waals surface area contributed by atoms with E-state index in [4.69, 9.17) is 0 Å². The smallest absolute Gasteiger partial charge is 0.132 e. The van der Waals surface area contributed by atoms with Crippen molar-refractivity contribution in [1.82, 2.24) is 0 Å². The van der Waals surface area contributed by atoms with Crippen LogP contribution in [0.2, 0.25) is 0 Å². The second-order valence-corrected chi connectivity index (χ2v) is 4.17. The van der Waals surface area contributed by atoms with Crippen LogP contribution in [0.25, 0.3) is 0 Å². The number of hydrogen-bond donors (Lipinski definition) is 1. The summed E-state index contributed by atoms with van der Waals surface area (Å²) < 4.78 is 0. The quantitative estimate of drug-likeness (QED) is 0.822. The molecule has 0 heterocycles. The van der Waals surface area contributed by atoms with Gasteiger partial charge in [-0.05, 0) is 43.9 Å². The third-order valence-corrected chi connectivity index (χ3v) is 2.82. The van der Waals surface area contributed by atoms with Crippen molar-refractivity contribution < 1.29 is 9.90 Å². The Morgan fingerprint density at radius 1 is 1.47 bits per heavy atom. The highest BCUT2D eigenvalue weighted by atomic mass is 16.3. The minimum atomic E-state index is 0.124. The van der Waals surface area contributed by atoms with Crippen molar-refractivity contribution in [2.45, 2.75) is 33.6 Å². The van der Waals surface area contributed by atoms with Crippen LogP contribution in [-0.4, -0.2) is 10.9 Å². The molecule has 82 valence electrons. The fourth-order valence-corrected chi connectivity index (χ4v) is 1.46. The molecule has 0 radical (unpaired) electrons. The average Bonchev–Trinajstić information content (AvgIpc) is 2.19. The van der Waals surface area contributed by atoms with Gasteiger partial charge in [-0.1, -0.05) is 19.1 Å². The molecular weight excluding hydrogens is 188 g/mol. The number of Topliss-reactive ketones (excluding diaryl/α,β-unsaturated/α-hetero) is 1. The van der Waals surface area contributed by atoms with Gasteiger partial charge < -0.3 is 5.11 Å². The summed E-state index contributed by atoms with van der Waals surface area (Å²) in [4.78, 5) is 11.0. The maximum Gasteiger partial charge on any atom is 0.132 e. The van der Waals surface area contributed by atoms with Crippen LogP contribution in [0.5, 0.6) is 5.75 Å². The third kappa shape index (κ3) is 3.39. The monoisotopic (exact) mass is 206 g/mol. The van der Waals surface area contributed by atoms with Crippen LogP contribution in [0.3, 0.4) is 0 Å². The molecule has 1 N–H and O–H groups in total. The number of hydrogen-bond acceptors (Lipinski definition) is 2. The van der Waals surface area contributed by atoms with Gasteiger partial charge in [-0.15, -0.1) is 0 Å². The molecule has 1 rings (SSSR count). The van der Waals surface area contributed by atoms with Gasteiger partial charge in [0, 0.05) is 5.92 Å². The number of benzene rings is 1. The Kier molecular flexibility index (Phi) is 3.89. The second-order valence-electron chi connectivity index (χ2n) is 4.17. The largest absolute Gasteiger partial charge is 0.508 e. The lowest BCUT2D eigenvalue weighted by atomic mass is 9.97. The molecule has 2 nitrogen and oxygen atoms in total. The Morgan fingerprint density at radius 3 is 2.67 bits per heavy atom. The predicted octanol–water partition coefficient (Wildman–Crippen LogP) is 2.86. The summed E-state index contributed by atoms with van der Waals surface area (Å²) in [5.41, 5.74) is 2.07. The maximum absolute atomic E-state index is 11.0. The van der Waals surface area contributed by atoms with Gasteiger partial charge in [0.15, 0.2) is 0 Å². The highest BCUT2D eigenvalue weighted by Crippen LogP contribution is 2.19. The van der Waals surface area contributed by atoms with E-state index in [0.717, 1.165) is 18.4 Å². The molecule has 0 fully saturated rings. The molecule has 0 saturated carbocycles. The van der Waals surface area contributed by atoms with Gasteiger partial charge >= 0.3 is 0 Å². The van der Waals surface area contributed by atoms with Gasteiger partial charge in [-0.2, -0.15) is 0 Å². The Balaban J connectivity index is 2.58. The molecule has 0 spiro atoms. The Hall–Kier alpha value is -1.31. The standard InChI is InChI=1S/C13H18O2/c1-9(11(3)14)4-5-12-6-7-13(15)10(2)8-12/h6-9,15H,4-5H2,1-3H3/t9-/m0/s1. The molecule has 0 aliphatic carbocycles. The molecule has 0 aliphatic heterocycles. The number of ketones is 1. The lowest BCUT2D eigenvalue weighted by molar-refractivity contribution is -0.120. The van der Waals surface area contributed by atoms with Crippen LogP contribution in [0.4, 0.5) is 0 Å². The molecule has 0 unspecified atom stereocenters. The summed E-state index contributed by atoms with van der Waals surface area (Å²) in [6.07, 6.45) is 1.77. The number of phenolic OH excluding ortho intramolecular Hbond substituents is 1. The van der Waals surface area contributed by atoms with E-state index in [9.17, 15) is 9.90 Å². The molecule has 15 heavy (non-hydrogen) atoms. The van der Waals surface area contributed by atoms with Crippen LogP contribution in [0.15, 0.2) is 18.2 Å². The van der Waals surface area contributed by atoms with E-state index in [2.05, 4.69) is 0 Å². The zero-order valence-electron chi connectivity index (χ0n) is 9.58. The first kappa shape index (κ1) is 11.8. The summed E-state index contributed by atoms with van der Waals surface area (Å²) >= 11 is 0. The molecule has 2 heteroatoms. The lowest BCUT2D eigenvalue weighted by Gasteiger charge is -2.08. The molecule has 0 saturated heterocycles. The molecule has 0 amide bonds. The second kappa shape index (κ2) is 4.96. The molecule has 0 aliphatic rings. The van der Waals surface area contributed by atoms with Crippen molar-refractivity contribution in [2.24, 2.45) is 5.92 Å². The van der Waals surface area contributed by atoms with Crippen molar-refractivity contribution in [2.75, 3.05) is 0 Å². The van der Waals surface area contributed by atoms with E-state index >= 15 is 0 Å². The maximum atomic E-state index is 11.0. The van der Waals surface area contributed by atoms with Crippen molar-refractivity contribution in [1.29, 1.82) is 0 Å². The first-order valence-electron chi connectivity index (χ1n) is 5.29. The molecule has 1 atom stereocenters. The van der Waals surface area contributed by atoms with Crippen molar-refractivity contribution in [3.8, 4) is 5.75 Å². The minimum absolute atomic E-state index is 0.124. The fourth-order valence-electron chi connectivity index (χ4n) is 1.46. The summed E-state index contributed by atoms with van der Waals surface area (Å²) in [5, 5.41) is 9.36. The lowest BCUT2D eigenvalue weighted by Crippen LogP contribution is -2.07. The first-order valence-corrected chi connectivity index (χ1v) is 5.29. The summed E-state index contributed by atoms with van der Waals surface area (Å²) in [5.74, 6) is 0.697. The van der Waals surface area contributed by atoms with Crippen LogP contribution in [-0.2, 0) is 11.2 Å². The SMILES string of the molecule is CC(=O)[C@@H](C)CCc1ccc(O)c(C)c1. The van der Waals surface area contributed by atoms with Gasteiger partial charge in [0.25, 0.3) is 0 Å². The van der Waals surface area contributed by atoms with Gasteiger partial charge in [-0.25, -0.2) is 0 Å². The van der Waals surface area contributed by atoms with Gasteiger partial charge in [0.05, 0.1) is 0 Å². The number of carbonyl (C=O) groups is 1. The number of aromatic hydroxyl groups is 1. The van der Waals surface area contributed by atoms with Gasteiger partial charge in [0.1, 0.15) is 11.5 Å². The summed E-state index contributed by atoms with van der Waals surface area (Å²) in [7, 11) is 0. The zero-order valence-corrected chi connectivity index (χ0v) is 9.58. The van der Waals surface area contributed by atoms with E-state index in [1.165, 1.54) is 5.56 Å². The molecular formula is C13H18O2. The Labute approximate surface area is 90.9 Å². The van der Waals surface area contributed by atoms with Crippen LogP contribution < -0.4 is 0 Å². The fraction of sp³-hybridized carbons (Fsp3) is 0.462. The predicted molar refractivity (Wildman–Crippen MR) is 61.0 cm³/mol. The van der Waals surface area contributed by atoms with Crippen LogP contribution in [0.1, 0.15) is 31.4 Å². The summed E-state index contributed by atoms with van der Waals surface area (Å²) in [6, 6.07) is 5.60. The number of aryl methyl sites for hydroxylation is 2. The van der Waals surface area contributed by atoms with E-state index in [1.807, 2.05) is 26.0 Å². The number of phenols is 1. The number of carbonyl (C=O) groups excluding carboxylic acids is 1. The molecule has 1 aromatic rings. The van der Waals surface area contributed by atoms with E-state index < -0.39 is 0 Å². The zero-order chi connectivity index (χ0) is 11.4. The molecule has 0 aromatic heterocycles. The van der Waals surface area contributed by atoms with Crippen molar-refractivity contribution in [3.63, 3.8) is 0 Å². The van der Waals surface area contributed by atoms with E-state index in [-0.39, 0.29) is 11.7 Å². The summed E-state index contributed by atoms with van der Waals surface area (Å²) in [6.45, 7) is 5.47. The first-order chi connectivity index (χ1) is 7.00. The minimum Gasteiger partial charge on any atom is -0.508 e. The third-order valence-electron chi connectivity index (χ3n) is 2.82. The Bertz CT molecular complexity index is 356. The Morgan fingerprint density at radius 2 is 2.13 bits per heavy atom. The normalized spacial score (nSPS) is 12.5. The van der Waals surface area contributed by atoms with E-state index in [0.29, 0.717) is 5.75 Å². The molecule has 0 bridgehead atoms. The van der Waals surface area contributed by atoms with E-state index in [1.54, 1.807) is 13.0 Å². The highest BCUT2D eigenvalue weighted by molar-refractivity contribution is 5.77. The topological polar surface area (TPSA) is 37.3 Å².